The van der Waals surface area contributed by atoms with Gasteiger partial charge in [0.05, 0.1) is 6.54 Å². The van der Waals surface area contributed by atoms with E-state index in [-0.39, 0.29) is 6.54 Å². The number of aliphatic imine (C=N–C) groups is 1. The van der Waals surface area contributed by atoms with Gasteiger partial charge in [-0.1, -0.05) is 23.3 Å². The Morgan fingerprint density at radius 1 is 1.40 bits per heavy atom. The van der Waals surface area contributed by atoms with Gasteiger partial charge in [0.15, 0.2) is 18.5 Å². The second-order valence-electron chi connectivity index (χ2n) is 5.64. The molecule has 25 heavy (non-hydrogen) atoms. The highest BCUT2D eigenvalue weighted by molar-refractivity contribution is 5.95. The summed E-state index contributed by atoms with van der Waals surface area (Å²) in [6, 6.07) is 8.90. The Labute approximate surface area is 144 Å². The van der Waals surface area contributed by atoms with E-state index >= 15 is 0 Å². The quantitative estimate of drug-likeness (QED) is 0.349. The van der Waals surface area contributed by atoms with Crippen LogP contribution in [0.25, 0.3) is 10.4 Å². The van der Waals surface area contributed by atoms with E-state index in [4.69, 9.17) is 24.5 Å². The third kappa shape index (κ3) is 3.58. The zero-order valence-electron chi connectivity index (χ0n) is 13.8. The van der Waals surface area contributed by atoms with Crippen LogP contribution in [-0.2, 0) is 23.7 Å². The third-order valence-corrected chi connectivity index (χ3v) is 4.01. The van der Waals surface area contributed by atoms with Crippen LogP contribution in [-0.4, -0.2) is 56.2 Å². The minimum atomic E-state index is -0.760. The standard InChI is InChI=1S/C16H18N4O5/c1-9(21)23-13-11(8-18-20-17)24-16(22-2)12-14(13)25-15(19-12)10-6-4-3-5-7-10/h3-7,11-14,16H,8H2,1-2H3/t11-,12+,13-,14-,16+/m1/s1. The largest absolute Gasteiger partial charge is 0.468 e. The third-order valence-electron chi connectivity index (χ3n) is 4.01. The minimum Gasteiger partial charge on any atom is -0.468 e. The van der Waals surface area contributed by atoms with Gasteiger partial charge in [-0.25, -0.2) is 4.99 Å². The molecular weight excluding hydrogens is 328 g/mol. The summed E-state index contributed by atoms with van der Waals surface area (Å²) in [4.78, 5) is 18.8. The van der Waals surface area contributed by atoms with Gasteiger partial charge in [-0.2, -0.15) is 0 Å². The summed E-state index contributed by atoms with van der Waals surface area (Å²) in [5.41, 5.74) is 9.38. The molecule has 0 saturated carbocycles. The first kappa shape index (κ1) is 17.2. The van der Waals surface area contributed by atoms with E-state index in [2.05, 4.69) is 15.0 Å². The number of hydrogen-bond acceptors (Lipinski definition) is 7. The van der Waals surface area contributed by atoms with E-state index in [1.807, 2.05) is 30.3 Å². The maximum absolute atomic E-state index is 11.5. The Bertz CT molecular complexity index is 704. The van der Waals surface area contributed by atoms with Gasteiger partial charge in [-0.3, -0.25) is 4.79 Å². The zero-order valence-corrected chi connectivity index (χ0v) is 13.8. The topological polar surface area (TPSA) is 115 Å². The average Bonchev–Trinajstić information content (AvgIpc) is 3.07. The summed E-state index contributed by atoms with van der Waals surface area (Å²) in [6.45, 7) is 1.29. The van der Waals surface area contributed by atoms with Crippen LogP contribution in [0.1, 0.15) is 12.5 Å². The predicted octanol–water partition coefficient (Wildman–Crippen LogP) is 1.81. The molecule has 0 N–H and O–H groups in total. The molecular formula is C16H18N4O5. The van der Waals surface area contributed by atoms with Crippen LogP contribution in [0.2, 0.25) is 0 Å². The van der Waals surface area contributed by atoms with Crippen molar-refractivity contribution in [2.45, 2.75) is 37.6 Å². The van der Waals surface area contributed by atoms with E-state index in [1.54, 1.807) is 0 Å². The number of hydrogen-bond donors (Lipinski definition) is 0. The molecule has 0 radical (unpaired) electrons. The highest BCUT2D eigenvalue weighted by Gasteiger charge is 2.52. The maximum atomic E-state index is 11.5. The van der Waals surface area contributed by atoms with Crippen LogP contribution >= 0.6 is 0 Å². The summed E-state index contributed by atoms with van der Waals surface area (Å²) in [7, 11) is 1.49. The van der Waals surface area contributed by atoms with Crippen LogP contribution in [0, 0.1) is 0 Å². The van der Waals surface area contributed by atoms with Crippen molar-refractivity contribution in [3.8, 4) is 0 Å². The molecule has 132 valence electrons. The Morgan fingerprint density at radius 3 is 2.80 bits per heavy atom. The molecule has 0 aromatic heterocycles. The molecule has 0 amide bonds. The van der Waals surface area contributed by atoms with Gasteiger partial charge in [0.25, 0.3) is 0 Å². The average molecular weight is 346 g/mol. The zero-order chi connectivity index (χ0) is 17.8. The van der Waals surface area contributed by atoms with Gasteiger partial charge < -0.3 is 18.9 Å². The fraction of sp³-hybridized carbons (Fsp3) is 0.500. The molecule has 2 aliphatic rings. The number of carbonyl (C=O) groups is 1. The Balaban J connectivity index is 1.90. The summed E-state index contributed by atoms with van der Waals surface area (Å²) in [6.07, 6.45) is -2.73. The molecule has 2 heterocycles. The van der Waals surface area contributed by atoms with Gasteiger partial charge in [-0.15, -0.1) is 0 Å². The van der Waals surface area contributed by atoms with Crippen molar-refractivity contribution in [1.82, 2.24) is 0 Å². The van der Waals surface area contributed by atoms with E-state index in [0.717, 1.165) is 5.56 Å². The lowest BCUT2D eigenvalue weighted by Crippen LogP contribution is -2.58. The van der Waals surface area contributed by atoms with Crippen molar-refractivity contribution < 1.29 is 23.7 Å². The van der Waals surface area contributed by atoms with E-state index < -0.39 is 36.6 Å². The molecule has 9 heteroatoms. The summed E-state index contributed by atoms with van der Waals surface area (Å²) >= 11 is 0. The number of fused-ring (bicyclic) bond motifs is 1. The number of ether oxygens (including phenoxy) is 4. The van der Waals surface area contributed by atoms with Crippen molar-refractivity contribution in [1.29, 1.82) is 0 Å². The fourth-order valence-electron chi connectivity index (χ4n) is 2.97. The van der Waals surface area contributed by atoms with Crippen molar-refractivity contribution in [3.63, 3.8) is 0 Å². The molecule has 1 fully saturated rings. The molecule has 0 aliphatic carbocycles. The predicted molar refractivity (Wildman–Crippen MR) is 86.9 cm³/mol. The second-order valence-corrected chi connectivity index (χ2v) is 5.64. The molecule has 5 atom stereocenters. The lowest BCUT2D eigenvalue weighted by molar-refractivity contribution is -0.246. The first-order valence-electron chi connectivity index (χ1n) is 7.80. The number of methoxy groups -OCH3 is 1. The van der Waals surface area contributed by atoms with Crippen LogP contribution in [0.5, 0.6) is 0 Å². The van der Waals surface area contributed by atoms with Crippen molar-refractivity contribution >= 4 is 11.9 Å². The number of esters is 1. The van der Waals surface area contributed by atoms with Gasteiger partial charge in [0.1, 0.15) is 12.1 Å². The SMILES string of the molecule is CO[C@H]1O[C@H](CN=[N+]=[N-])[C@@H](OC(C)=O)[C@@H]2OC(c3ccccc3)=N[C@H]12. The lowest BCUT2D eigenvalue weighted by Gasteiger charge is -2.40. The van der Waals surface area contributed by atoms with E-state index in [9.17, 15) is 4.79 Å². The Kier molecular flexibility index (Phi) is 5.18. The van der Waals surface area contributed by atoms with Crippen LogP contribution in [0.3, 0.4) is 0 Å². The summed E-state index contributed by atoms with van der Waals surface area (Å²) in [5.74, 6) is -0.0475. The molecule has 3 rings (SSSR count). The summed E-state index contributed by atoms with van der Waals surface area (Å²) in [5, 5.41) is 3.53. The maximum Gasteiger partial charge on any atom is 0.303 e. The summed E-state index contributed by atoms with van der Waals surface area (Å²) < 4.78 is 22.5. The number of rotatable bonds is 5. The minimum absolute atomic E-state index is 0.0123. The number of azide groups is 1. The van der Waals surface area contributed by atoms with Crippen molar-refractivity contribution in [2.75, 3.05) is 13.7 Å². The molecule has 1 saturated heterocycles. The molecule has 9 nitrogen and oxygen atoms in total. The first-order valence-corrected chi connectivity index (χ1v) is 7.80. The first-order chi connectivity index (χ1) is 12.1. The van der Waals surface area contributed by atoms with Crippen LogP contribution in [0.4, 0.5) is 0 Å². The van der Waals surface area contributed by atoms with Gasteiger partial charge >= 0.3 is 5.97 Å². The molecule has 2 aliphatic heterocycles. The molecule has 1 aromatic rings. The molecule has 0 bridgehead atoms. The Hall–Kier alpha value is -2.61. The highest BCUT2D eigenvalue weighted by atomic mass is 16.7. The fourth-order valence-corrected chi connectivity index (χ4v) is 2.97. The van der Waals surface area contributed by atoms with Gasteiger partial charge in [-0.05, 0) is 17.7 Å². The van der Waals surface area contributed by atoms with E-state index in [0.29, 0.717) is 5.90 Å². The van der Waals surface area contributed by atoms with Crippen molar-refractivity contribution in [3.05, 3.63) is 46.3 Å². The smallest absolute Gasteiger partial charge is 0.303 e. The van der Waals surface area contributed by atoms with Crippen LogP contribution < -0.4 is 0 Å². The lowest BCUT2D eigenvalue weighted by atomic mass is 9.97. The second kappa shape index (κ2) is 7.52. The number of nitrogens with zero attached hydrogens (tertiary/aromatic N) is 4. The highest BCUT2D eigenvalue weighted by Crippen LogP contribution is 2.33. The molecule has 0 unspecified atom stereocenters. The monoisotopic (exact) mass is 346 g/mol. The number of benzene rings is 1. The van der Waals surface area contributed by atoms with Gasteiger partial charge in [0.2, 0.25) is 5.90 Å². The van der Waals surface area contributed by atoms with Crippen LogP contribution in [0.15, 0.2) is 40.4 Å². The molecule has 1 aromatic carbocycles. The normalized spacial score (nSPS) is 30.5. The molecule has 0 spiro atoms. The Morgan fingerprint density at radius 2 is 2.16 bits per heavy atom. The van der Waals surface area contributed by atoms with Crippen molar-refractivity contribution in [2.24, 2.45) is 10.1 Å². The van der Waals surface area contributed by atoms with E-state index in [1.165, 1.54) is 14.0 Å². The van der Waals surface area contributed by atoms with Gasteiger partial charge in [0, 0.05) is 24.5 Å². The number of carbonyl (C=O) groups excluding carboxylic acids is 1.